The molecule has 1 rings (SSSR count). The van der Waals surface area contributed by atoms with Crippen molar-refractivity contribution in [3.63, 3.8) is 0 Å². The number of rotatable bonds is 3. The molecule has 0 aromatic carbocycles. The summed E-state index contributed by atoms with van der Waals surface area (Å²) < 4.78 is 5.13. The van der Waals surface area contributed by atoms with Gasteiger partial charge in [0.25, 0.3) is 0 Å². The van der Waals surface area contributed by atoms with Crippen molar-refractivity contribution in [3.8, 4) is 0 Å². The zero-order valence-corrected chi connectivity index (χ0v) is 8.08. The van der Waals surface area contributed by atoms with Crippen LogP contribution in [0.2, 0.25) is 0 Å². The van der Waals surface area contributed by atoms with E-state index in [4.69, 9.17) is 4.74 Å². The Morgan fingerprint density at radius 2 is 1.92 bits per heavy atom. The largest absolute Gasteiger partial charge is 0.633 e. The molecule has 0 atom stereocenters. The smallest absolute Gasteiger partial charge is 0.102 e. The van der Waals surface area contributed by atoms with Crippen LogP contribution in [0, 0.1) is 11.1 Å². The van der Waals surface area contributed by atoms with Crippen molar-refractivity contribution in [2.45, 2.75) is 20.3 Å². The minimum absolute atomic E-state index is 0.0296. The maximum atomic E-state index is 11.9. The molecular weight excluding hydrogens is 154 g/mol. The van der Waals surface area contributed by atoms with Gasteiger partial charge in [0, 0.05) is 0 Å². The van der Waals surface area contributed by atoms with Gasteiger partial charge in [-0.05, 0) is 12.3 Å². The first-order chi connectivity index (χ1) is 5.62. The first-order valence-electron chi connectivity index (χ1n) is 4.77. The van der Waals surface area contributed by atoms with E-state index in [1.807, 2.05) is 0 Å². The highest BCUT2D eigenvalue weighted by Gasteiger charge is 2.20. The predicted molar refractivity (Wildman–Crippen MR) is 48.5 cm³/mol. The second kappa shape index (κ2) is 4.21. The van der Waals surface area contributed by atoms with Gasteiger partial charge in [0.2, 0.25) is 0 Å². The van der Waals surface area contributed by atoms with Crippen LogP contribution < -0.4 is 0 Å². The minimum atomic E-state index is -0.0296. The first-order valence-corrected chi connectivity index (χ1v) is 4.77. The van der Waals surface area contributed by atoms with Gasteiger partial charge in [-0.25, -0.2) is 0 Å². The van der Waals surface area contributed by atoms with Crippen LogP contribution in [0.4, 0.5) is 0 Å². The second-order valence-electron chi connectivity index (χ2n) is 4.02. The summed E-state index contributed by atoms with van der Waals surface area (Å²) in [5.74, 6) is 0.636. The fourth-order valence-corrected chi connectivity index (χ4v) is 1.39. The molecule has 1 heterocycles. The lowest BCUT2D eigenvalue weighted by Crippen LogP contribution is -2.51. The zero-order chi connectivity index (χ0) is 9.03. The lowest BCUT2D eigenvalue weighted by Gasteiger charge is -2.45. The Labute approximate surface area is 74.5 Å². The number of hydroxylamine groups is 3. The average Bonchev–Trinajstić information content (AvgIpc) is 2.03. The van der Waals surface area contributed by atoms with Crippen LogP contribution in [0.3, 0.4) is 0 Å². The molecule has 0 N–H and O–H groups in total. The van der Waals surface area contributed by atoms with Crippen molar-refractivity contribution in [2.24, 2.45) is 5.92 Å². The normalized spacial score (nSPS) is 23.0. The number of hydrogen-bond acceptors (Lipinski definition) is 2. The highest BCUT2D eigenvalue weighted by molar-refractivity contribution is 4.52. The maximum absolute atomic E-state index is 11.9. The SMILES string of the molecule is CC(C)CC[N+]1([O-])CCOCC1. The van der Waals surface area contributed by atoms with Crippen LogP contribution in [0.1, 0.15) is 20.3 Å². The first kappa shape index (κ1) is 9.96. The lowest BCUT2D eigenvalue weighted by atomic mass is 10.1. The average molecular weight is 173 g/mol. The van der Waals surface area contributed by atoms with E-state index in [0.29, 0.717) is 32.2 Å². The molecule has 0 saturated carbocycles. The van der Waals surface area contributed by atoms with Gasteiger partial charge in [0.1, 0.15) is 13.1 Å². The number of morpholine rings is 1. The maximum Gasteiger partial charge on any atom is 0.102 e. The van der Waals surface area contributed by atoms with E-state index in [1.54, 1.807) is 0 Å². The Hall–Kier alpha value is -0.120. The molecule has 0 spiro atoms. The molecule has 0 aliphatic carbocycles. The summed E-state index contributed by atoms with van der Waals surface area (Å²) in [6, 6.07) is 0. The molecule has 1 aliphatic rings. The Morgan fingerprint density at radius 3 is 2.42 bits per heavy atom. The topological polar surface area (TPSA) is 32.3 Å². The minimum Gasteiger partial charge on any atom is -0.633 e. The van der Waals surface area contributed by atoms with Crippen molar-refractivity contribution in [3.05, 3.63) is 5.21 Å². The Morgan fingerprint density at radius 1 is 1.33 bits per heavy atom. The molecule has 0 bridgehead atoms. The van der Waals surface area contributed by atoms with Gasteiger partial charge >= 0.3 is 0 Å². The van der Waals surface area contributed by atoms with Crippen molar-refractivity contribution in [2.75, 3.05) is 32.8 Å². The molecule has 3 nitrogen and oxygen atoms in total. The summed E-state index contributed by atoms with van der Waals surface area (Å²) in [5.41, 5.74) is 0. The summed E-state index contributed by atoms with van der Waals surface area (Å²) in [5, 5.41) is 11.9. The van der Waals surface area contributed by atoms with Crippen LogP contribution in [-0.4, -0.2) is 37.5 Å². The molecule has 0 unspecified atom stereocenters. The van der Waals surface area contributed by atoms with Crippen molar-refractivity contribution < 1.29 is 9.38 Å². The molecule has 3 heteroatoms. The third-order valence-electron chi connectivity index (χ3n) is 2.40. The van der Waals surface area contributed by atoms with Gasteiger partial charge < -0.3 is 14.6 Å². The van der Waals surface area contributed by atoms with E-state index in [1.165, 1.54) is 0 Å². The molecular formula is C9H19NO2. The summed E-state index contributed by atoms with van der Waals surface area (Å²) in [6.07, 6.45) is 1.03. The fourth-order valence-electron chi connectivity index (χ4n) is 1.39. The van der Waals surface area contributed by atoms with E-state index in [0.717, 1.165) is 13.0 Å². The van der Waals surface area contributed by atoms with Crippen LogP contribution in [0.5, 0.6) is 0 Å². The molecule has 0 radical (unpaired) electrons. The number of quaternary nitrogens is 1. The summed E-state index contributed by atoms with van der Waals surface area (Å²) in [4.78, 5) is 0. The lowest BCUT2D eigenvalue weighted by molar-refractivity contribution is -0.889. The van der Waals surface area contributed by atoms with Crippen molar-refractivity contribution in [1.29, 1.82) is 0 Å². The van der Waals surface area contributed by atoms with Crippen molar-refractivity contribution >= 4 is 0 Å². The van der Waals surface area contributed by atoms with Gasteiger partial charge in [0.05, 0.1) is 19.8 Å². The van der Waals surface area contributed by atoms with Gasteiger partial charge in [-0.3, -0.25) is 0 Å². The molecule has 0 aromatic heterocycles. The third-order valence-corrected chi connectivity index (χ3v) is 2.40. The van der Waals surface area contributed by atoms with Gasteiger partial charge in [-0.1, -0.05) is 13.8 Å². The molecule has 0 amide bonds. The Kier molecular flexibility index (Phi) is 3.50. The quantitative estimate of drug-likeness (QED) is 0.477. The van der Waals surface area contributed by atoms with E-state index >= 15 is 0 Å². The van der Waals surface area contributed by atoms with Crippen molar-refractivity contribution in [1.82, 2.24) is 0 Å². The Bertz CT molecular complexity index is 130. The Balaban J connectivity index is 2.26. The van der Waals surface area contributed by atoms with Crippen LogP contribution in [0.25, 0.3) is 0 Å². The van der Waals surface area contributed by atoms with Gasteiger partial charge in [0.15, 0.2) is 0 Å². The molecule has 72 valence electrons. The van der Waals surface area contributed by atoms with Crippen LogP contribution >= 0.6 is 0 Å². The van der Waals surface area contributed by atoms with E-state index in [-0.39, 0.29) is 4.65 Å². The fraction of sp³-hybridized carbons (Fsp3) is 1.00. The molecule has 1 aliphatic heterocycles. The van der Waals surface area contributed by atoms with Crippen LogP contribution in [-0.2, 0) is 4.74 Å². The third kappa shape index (κ3) is 3.09. The monoisotopic (exact) mass is 173 g/mol. The second-order valence-corrected chi connectivity index (χ2v) is 4.02. The molecule has 12 heavy (non-hydrogen) atoms. The highest BCUT2D eigenvalue weighted by Crippen LogP contribution is 2.12. The van der Waals surface area contributed by atoms with Crippen LogP contribution in [0.15, 0.2) is 0 Å². The summed E-state index contributed by atoms with van der Waals surface area (Å²) in [7, 11) is 0. The molecule has 0 aromatic rings. The number of ether oxygens (including phenoxy) is 1. The molecule has 1 fully saturated rings. The van der Waals surface area contributed by atoms with E-state index in [2.05, 4.69) is 13.8 Å². The van der Waals surface area contributed by atoms with E-state index < -0.39 is 0 Å². The standard InChI is InChI=1S/C9H19NO2/c1-9(2)3-4-10(11)5-7-12-8-6-10/h9H,3-8H2,1-2H3. The zero-order valence-electron chi connectivity index (χ0n) is 8.08. The molecule has 1 saturated heterocycles. The number of nitrogens with zero attached hydrogens (tertiary/aromatic N) is 1. The van der Waals surface area contributed by atoms with E-state index in [9.17, 15) is 5.21 Å². The summed E-state index contributed by atoms with van der Waals surface area (Å²) in [6.45, 7) is 7.66. The predicted octanol–water partition coefficient (Wildman–Crippen LogP) is 1.38. The van der Waals surface area contributed by atoms with Gasteiger partial charge in [-0.15, -0.1) is 0 Å². The number of hydrogen-bond donors (Lipinski definition) is 0. The summed E-state index contributed by atoms with van der Waals surface area (Å²) >= 11 is 0. The van der Waals surface area contributed by atoms with Gasteiger partial charge in [-0.2, -0.15) is 0 Å². The highest BCUT2D eigenvalue weighted by atomic mass is 16.6.